The number of aromatic nitrogens is 4. The number of nitrogens with two attached hydrogens (primary N) is 1. The van der Waals surface area contributed by atoms with Crippen molar-refractivity contribution in [2.24, 2.45) is 0 Å². The fraction of sp³-hybridized carbons (Fsp3) is 0.417. The molecule has 17 heavy (non-hydrogen) atoms. The second-order valence-corrected chi connectivity index (χ2v) is 3.93. The zero-order chi connectivity index (χ0) is 12.4. The van der Waals surface area contributed by atoms with Gasteiger partial charge in [-0.2, -0.15) is 4.68 Å². The van der Waals surface area contributed by atoms with Gasteiger partial charge in [0.1, 0.15) is 5.82 Å². The van der Waals surface area contributed by atoms with Crippen LogP contribution in [0.5, 0.6) is 0 Å². The van der Waals surface area contributed by atoms with Gasteiger partial charge in [0.15, 0.2) is 11.6 Å². The van der Waals surface area contributed by atoms with E-state index in [0.717, 1.165) is 30.2 Å². The number of nitrogens with zero attached hydrogens (tertiary/aromatic N) is 4. The summed E-state index contributed by atoms with van der Waals surface area (Å²) < 4.78 is 1.75. The van der Waals surface area contributed by atoms with Crippen LogP contribution in [0.1, 0.15) is 31.2 Å². The number of nitrogen functional groups attached to an aromatic ring is 1. The van der Waals surface area contributed by atoms with Crippen LogP contribution < -0.4 is 5.73 Å². The molecule has 2 heterocycles. The summed E-state index contributed by atoms with van der Waals surface area (Å²) in [5.41, 5.74) is 7.49. The standard InChI is InChI=1S/C12H17N5/c1-4-10-15-11(5-2)17(16-10)12-9(13)7-6-8(3)14-12/h6-7H,4-5,13H2,1-3H3. The van der Waals surface area contributed by atoms with Crippen molar-refractivity contribution in [1.82, 2.24) is 19.7 Å². The number of anilines is 1. The van der Waals surface area contributed by atoms with Gasteiger partial charge in [-0.15, -0.1) is 5.10 Å². The van der Waals surface area contributed by atoms with Crippen molar-refractivity contribution in [2.45, 2.75) is 33.6 Å². The highest BCUT2D eigenvalue weighted by molar-refractivity contribution is 5.53. The van der Waals surface area contributed by atoms with Crippen LogP contribution in [-0.4, -0.2) is 19.7 Å². The second-order valence-electron chi connectivity index (χ2n) is 3.93. The van der Waals surface area contributed by atoms with E-state index in [1.54, 1.807) is 4.68 Å². The largest absolute Gasteiger partial charge is 0.396 e. The van der Waals surface area contributed by atoms with Crippen molar-refractivity contribution in [3.8, 4) is 5.82 Å². The zero-order valence-electron chi connectivity index (χ0n) is 10.4. The van der Waals surface area contributed by atoms with E-state index in [1.165, 1.54) is 0 Å². The lowest BCUT2D eigenvalue weighted by Crippen LogP contribution is -2.08. The highest BCUT2D eigenvalue weighted by Gasteiger charge is 2.12. The van der Waals surface area contributed by atoms with Crippen LogP contribution >= 0.6 is 0 Å². The Balaban J connectivity index is 2.58. The normalized spacial score (nSPS) is 10.8. The summed E-state index contributed by atoms with van der Waals surface area (Å²) in [5.74, 6) is 2.39. The molecular weight excluding hydrogens is 214 g/mol. The molecule has 0 aliphatic carbocycles. The molecule has 0 aromatic carbocycles. The van der Waals surface area contributed by atoms with E-state index < -0.39 is 0 Å². The van der Waals surface area contributed by atoms with Gasteiger partial charge in [0.25, 0.3) is 0 Å². The van der Waals surface area contributed by atoms with Crippen molar-refractivity contribution in [1.29, 1.82) is 0 Å². The molecule has 2 aromatic heterocycles. The third-order valence-electron chi connectivity index (χ3n) is 2.60. The van der Waals surface area contributed by atoms with Gasteiger partial charge in [-0.3, -0.25) is 0 Å². The second kappa shape index (κ2) is 4.53. The summed E-state index contributed by atoms with van der Waals surface area (Å²) in [6.45, 7) is 6.02. The molecule has 0 amide bonds. The molecule has 2 aromatic rings. The lowest BCUT2D eigenvalue weighted by molar-refractivity contribution is 0.768. The van der Waals surface area contributed by atoms with Gasteiger partial charge in [0, 0.05) is 18.5 Å². The molecule has 0 atom stereocenters. The van der Waals surface area contributed by atoms with Gasteiger partial charge in [-0.25, -0.2) is 9.97 Å². The van der Waals surface area contributed by atoms with Crippen molar-refractivity contribution < 1.29 is 0 Å². The summed E-state index contributed by atoms with van der Waals surface area (Å²) in [4.78, 5) is 8.89. The maximum atomic E-state index is 5.94. The highest BCUT2D eigenvalue weighted by Crippen LogP contribution is 2.16. The maximum Gasteiger partial charge on any atom is 0.178 e. The summed E-state index contributed by atoms with van der Waals surface area (Å²) in [6, 6.07) is 3.74. The van der Waals surface area contributed by atoms with Crippen LogP contribution in [0.25, 0.3) is 5.82 Å². The van der Waals surface area contributed by atoms with Gasteiger partial charge in [0.2, 0.25) is 0 Å². The molecule has 2 rings (SSSR count). The minimum Gasteiger partial charge on any atom is -0.396 e. The summed E-state index contributed by atoms with van der Waals surface area (Å²) in [7, 11) is 0. The minimum atomic E-state index is 0.623. The van der Waals surface area contributed by atoms with E-state index in [0.29, 0.717) is 11.5 Å². The molecule has 0 fully saturated rings. The molecule has 5 nitrogen and oxygen atoms in total. The Kier molecular flexibility index (Phi) is 3.08. The molecule has 0 bridgehead atoms. The quantitative estimate of drug-likeness (QED) is 0.872. The molecule has 0 spiro atoms. The van der Waals surface area contributed by atoms with Gasteiger partial charge < -0.3 is 5.73 Å². The average Bonchev–Trinajstić information content (AvgIpc) is 2.75. The number of hydrogen-bond donors (Lipinski definition) is 1. The fourth-order valence-corrected chi connectivity index (χ4v) is 1.66. The molecule has 2 N–H and O–H groups in total. The van der Waals surface area contributed by atoms with E-state index in [2.05, 4.69) is 15.1 Å². The fourth-order valence-electron chi connectivity index (χ4n) is 1.66. The molecule has 0 aliphatic heterocycles. The monoisotopic (exact) mass is 231 g/mol. The number of aryl methyl sites for hydroxylation is 3. The van der Waals surface area contributed by atoms with Crippen molar-refractivity contribution >= 4 is 5.69 Å². The third-order valence-corrected chi connectivity index (χ3v) is 2.60. The summed E-state index contributed by atoms with van der Waals surface area (Å²) in [6.07, 6.45) is 1.62. The molecule has 90 valence electrons. The van der Waals surface area contributed by atoms with Gasteiger partial charge in [-0.1, -0.05) is 13.8 Å². The molecule has 0 saturated heterocycles. The van der Waals surface area contributed by atoms with Crippen LogP contribution in [0, 0.1) is 6.92 Å². The van der Waals surface area contributed by atoms with Crippen molar-refractivity contribution in [3.63, 3.8) is 0 Å². The predicted octanol–water partition coefficient (Wildman–Crippen LogP) is 1.68. The topological polar surface area (TPSA) is 69.6 Å². The molecular formula is C12H17N5. The van der Waals surface area contributed by atoms with Crippen molar-refractivity contribution in [2.75, 3.05) is 5.73 Å². The lowest BCUT2D eigenvalue weighted by Gasteiger charge is -2.07. The zero-order valence-corrected chi connectivity index (χ0v) is 10.4. The van der Waals surface area contributed by atoms with E-state index in [9.17, 15) is 0 Å². The van der Waals surface area contributed by atoms with Crippen LogP contribution in [0.2, 0.25) is 0 Å². The first kappa shape index (κ1) is 11.6. The molecule has 0 unspecified atom stereocenters. The third kappa shape index (κ3) is 2.13. The van der Waals surface area contributed by atoms with E-state index in [1.807, 2.05) is 32.9 Å². The van der Waals surface area contributed by atoms with E-state index in [-0.39, 0.29) is 0 Å². The first-order valence-corrected chi connectivity index (χ1v) is 5.84. The predicted molar refractivity (Wildman–Crippen MR) is 67.1 cm³/mol. The molecule has 0 saturated carbocycles. The minimum absolute atomic E-state index is 0.623. The Bertz CT molecular complexity index is 530. The smallest absolute Gasteiger partial charge is 0.178 e. The number of rotatable bonds is 3. The molecule has 5 heteroatoms. The highest BCUT2D eigenvalue weighted by atomic mass is 15.4. The number of hydrogen-bond acceptors (Lipinski definition) is 4. The van der Waals surface area contributed by atoms with E-state index >= 15 is 0 Å². The van der Waals surface area contributed by atoms with Gasteiger partial charge in [0.05, 0.1) is 5.69 Å². The van der Waals surface area contributed by atoms with Crippen LogP contribution in [0.15, 0.2) is 12.1 Å². The van der Waals surface area contributed by atoms with Crippen molar-refractivity contribution in [3.05, 3.63) is 29.5 Å². The number of pyridine rings is 1. The Morgan fingerprint density at radius 2 is 1.94 bits per heavy atom. The Hall–Kier alpha value is -1.91. The van der Waals surface area contributed by atoms with Gasteiger partial charge in [-0.05, 0) is 19.1 Å². The Morgan fingerprint density at radius 1 is 1.18 bits per heavy atom. The molecule has 0 aliphatic rings. The first-order chi connectivity index (χ1) is 8.15. The maximum absolute atomic E-state index is 5.94. The van der Waals surface area contributed by atoms with E-state index in [4.69, 9.17) is 5.73 Å². The first-order valence-electron chi connectivity index (χ1n) is 5.84. The summed E-state index contributed by atoms with van der Waals surface area (Å²) in [5, 5.41) is 4.43. The summed E-state index contributed by atoms with van der Waals surface area (Å²) >= 11 is 0. The Labute approximate surface area is 101 Å². The van der Waals surface area contributed by atoms with Crippen LogP contribution in [0.3, 0.4) is 0 Å². The lowest BCUT2D eigenvalue weighted by atomic mass is 10.3. The van der Waals surface area contributed by atoms with Gasteiger partial charge >= 0.3 is 0 Å². The SMILES string of the molecule is CCc1nc(CC)n(-c2nc(C)ccc2N)n1. The van der Waals surface area contributed by atoms with Crippen LogP contribution in [0.4, 0.5) is 5.69 Å². The molecule has 0 radical (unpaired) electrons. The van der Waals surface area contributed by atoms with Crippen LogP contribution in [-0.2, 0) is 12.8 Å². The average molecular weight is 231 g/mol. The Morgan fingerprint density at radius 3 is 2.59 bits per heavy atom.